The van der Waals surface area contributed by atoms with Crippen molar-refractivity contribution in [2.24, 2.45) is 5.92 Å². The van der Waals surface area contributed by atoms with E-state index in [1.54, 1.807) is 68.8 Å². The summed E-state index contributed by atoms with van der Waals surface area (Å²) in [4.78, 5) is 61.2. The average Bonchev–Trinajstić information content (AvgIpc) is 3.67. The number of aryl methyl sites for hydroxylation is 1. The SMILES string of the molecule is COc1ccc(C[C@@H]2NC(=O)c3ccc(OC)c(c3)CCCNC(=O)CN(C(=O)c3ccccc3-n3cncn3)C[C@H](CC(C)C)NC2=O)cc1. The first kappa shape index (κ1) is 36.6. The van der Waals surface area contributed by atoms with Crippen LogP contribution in [0.25, 0.3) is 5.69 Å². The summed E-state index contributed by atoms with van der Waals surface area (Å²) in [6.45, 7) is 4.19. The molecule has 0 unspecified atom stereocenters. The minimum atomic E-state index is -0.956. The molecule has 4 aromatic rings. The van der Waals surface area contributed by atoms with Crippen LogP contribution in [0.4, 0.5) is 0 Å². The van der Waals surface area contributed by atoms with Crippen molar-refractivity contribution < 1.29 is 28.7 Å². The van der Waals surface area contributed by atoms with Crippen LogP contribution in [0.2, 0.25) is 0 Å². The molecule has 5 rings (SSSR count). The van der Waals surface area contributed by atoms with Crippen LogP contribution < -0.4 is 25.4 Å². The van der Waals surface area contributed by atoms with Gasteiger partial charge >= 0.3 is 0 Å². The van der Waals surface area contributed by atoms with E-state index in [-0.39, 0.29) is 31.3 Å². The molecule has 0 saturated carbocycles. The lowest BCUT2D eigenvalue weighted by atomic mass is 10.00. The Morgan fingerprint density at radius 2 is 1.76 bits per heavy atom. The third-order valence-corrected chi connectivity index (χ3v) is 8.67. The summed E-state index contributed by atoms with van der Waals surface area (Å²) in [5.41, 5.74) is 2.82. The molecule has 2 bridgehead atoms. The van der Waals surface area contributed by atoms with Crippen molar-refractivity contribution in [1.29, 1.82) is 0 Å². The molecular formula is C38H45N7O6. The van der Waals surface area contributed by atoms with Gasteiger partial charge in [0.1, 0.15) is 30.2 Å². The van der Waals surface area contributed by atoms with Crippen LogP contribution >= 0.6 is 0 Å². The maximum Gasteiger partial charge on any atom is 0.256 e. The first-order valence-electron chi connectivity index (χ1n) is 17.1. The Balaban J connectivity index is 1.51. The summed E-state index contributed by atoms with van der Waals surface area (Å²) >= 11 is 0. The molecule has 0 spiro atoms. The zero-order valence-corrected chi connectivity index (χ0v) is 29.4. The van der Waals surface area contributed by atoms with Crippen LogP contribution in [-0.2, 0) is 22.4 Å². The number of ether oxygens (including phenoxy) is 2. The van der Waals surface area contributed by atoms with E-state index in [9.17, 15) is 19.2 Å². The molecule has 1 aromatic heterocycles. The monoisotopic (exact) mass is 695 g/mol. The zero-order valence-electron chi connectivity index (χ0n) is 29.4. The standard InChI is InChI=1S/C38H45N7O6/c1-25(2)18-29-21-44(38(49)31-9-5-6-10-33(31)45-24-39-23-41-45)22-35(46)40-17-7-8-27-20-28(13-16-34(27)51-4)36(47)43-32(37(48)42-29)19-26-11-14-30(50-3)15-12-26/h5-6,9-16,20,23-25,29,32H,7-8,17-19,21-22H2,1-4H3,(H,40,46)(H,42,48)(H,43,47)/t29-,32-/m0/s1. The van der Waals surface area contributed by atoms with E-state index in [0.717, 1.165) is 11.1 Å². The number of fused-ring (bicyclic) bond motifs is 2. The molecule has 3 N–H and O–H groups in total. The lowest BCUT2D eigenvalue weighted by Crippen LogP contribution is -2.54. The Bertz CT molecular complexity index is 1810. The van der Waals surface area contributed by atoms with Gasteiger partial charge < -0.3 is 30.3 Å². The molecule has 13 nitrogen and oxygen atoms in total. The number of nitrogens with zero attached hydrogens (tertiary/aromatic N) is 4. The molecule has 0 fully saturated rings. The van der Waals surface area contributed by atoms with Gasteiger partial charge in [-0.1, -0.05) is 38.1 Å². The number of methoxy groups -OCH3 is 2. The highest BCUT2D eigenvalue weighted by molar-refractivity contribution is 6.00. The number of amides is 4. The number of rotatable bonds is 8. The molecule has 1 aliphatic heterocycles. The Kier molecular flexibility index (Phi) is 12.4. The fourth-order valence-electron chi connectivity index (χ4n) is 6.19. The molecule has 4 amide bonds. The molecule has 0 aliphatic carbocycles. The van der Waals surface area contributed by atoms with Gasteiger partial charge in [0.05, 0.1) is 32.0 Å². The van der Waals surface area contributed by atoms with E-state index in [4.69, 9.17) is 9.47 Å². The van der Waals surface area contributed by atoms with E-state index < -0.39 is 29.8 Å². The Morgan fingerprint density at radius 1 is 0.980 bits per heavy atom. The molecule has 268 valence electrons. The van der Waals surface area contributed by atoms with Gasteiger partial charge in [0.15, 0.2) is 0 Å². The van der Waals surface area contributed by atoms with Crippen molar-refractivity contribution in [2.75, 3.05) is 33.9 Å². The number of carbonyl (C=O) groups excluding carboxylic acids is 4. The Labute approximate surface area is 297 Å². The second-order valence-corrected chi connectivity index (χ2v) is 12.9. The first-order chi connectivity index (χ1) is 24.6. The van der Waals surface area contributed by atoms with Crippen LogP contribution in [0, 0.1) is 5.92 Å². The maximum absolute atomic E-state index is 14.3. The summed E-state index contributed by atoms with van der Waals surface area (Å²) < 4.78 is 12.4. The topological polar surface area (TPSA) is 157 Å². The second kappa shape index (κ2) is 17.3. The van der Waals surface area contributed by atoms with Crippen LogP contribution in [0.5, 0.6) is 11.5 Å². The summed E-state index contributed by atoms with van der Waals surface area (Å²) in [5, 5.41) is 13.2. The molecule has 2 heterocycles. The van der Waals surface area contributed by atoms with Gasteiger partial charge in [-0.2, -0.15) is 5.10 Å². The van der Waals surface area contributed by atoms with E-state index in [1.165, 1.54) is 22.2 Å². The number of para-hydroxylation sites is 1. The lowest BCUT2D eigenvalue weighted by Gasteiger charge is -2.31. The van der Waals surface area contributed by atoms with Gasteiger partial charge in [-0.25, -0.2) is 9.67 Å². The summed E-state index contributed by atoms with van der Waals surface area (Å²) in [6.07, 6.45) is 4.67. The molecule has 13 heteroatoms. The molecule has 1 aliphatic rings. The zero-order chi connectivity index (χ0) is 36.3. The van der Waals surface area contributed by atoms with Gasteiger partial charge in [-0.05, 0) is 78.8 Å². The smallest absolute Gasteiger partial charge is 0.256 e. The number of hydrogen-bond donors (Lipinski definition) is 3. The summed E-state index contributed by atoms with van der Waals surface area (Å²) in [7, 11) is 3.14. The number of carbonyl (C=O) groups is 4. The van der Waals surface area contributed by atoms with E-state index in [2.05, 4.69) is 26.0 Å². The third kappa shape index (κ3) is 9.71. The largest absolute Gasteiger partial charge is 0.497 e. The van der Waals surface area contributed by atoms with Crippen molar-refractivity contribution in [3.63, 3.8) is 0 Å². The number of aromatic nitrogens is 3. The second-order valence-electron chi connectivity index (χ2n) is 12.9. The predicted octanol–water partition coefficient (Wildman–Crippen LogP) is 3.36. The van der Waals surface area contributed by atoms with Gasteiger partial charge in [0.2, 0.25) is 11.8 Å². The minimum Gasteiger partial charge on any atom is -0.497 e. The van der Waals surface area contributed by atoms with E-state index in [1.807, 2.05) is 26.0 Å². The summed E-state index contributed by atoms with van der Waals surface area (Å²) in [5.74, 6) is -0.151. The highest BCUT2D eigenvalue weighted by atomic mass is 16.5. The van der Waals surface area contributed by atoms with Crippen LogP contribution in [0.3, 0.4) is 0 Å². The Hall–Kier alpha value is -5.72. The maximum atomic E-state index is 14.3. The minimum absolute atomic E-state index is 0.0447. The van der Waals surface area contributed by atoms with Crippen LogP contribution in [0.15, 0.2) is 79.4 Å². The van der Waals surface area contributed by atoms with E-state index >= 15 is 0 Å². The molecule has 51 heavy (non-hydrogen) atoms. The summed E-state index contributed by atoms with van der Waals surface area (Å²) in [6, 6.07) is 17.9. The van der Waals surface area contributed by atoms with Gasteiger partial charge in [-0.15, -0.1) is 0 Å². The number of benzene rings is 3. The lowest BCUT2D eigenvalue weighted by molar-refractivity contribution is -0.123. The van der Waals surface area contributed by atoms with Crippen molar-refractivity contribution in [1.82, 2.24) is 35.6 Å². The average molecular weight is 696 g/mol. The van der Waals surface area contributed by atoms with E-state index in [0.29, 0.717) is 54.1 Å². The quantitative estimate of drug-likeness (QED) is 0.254. The highest BCUT2D eigenvalue weighted by Crippen LogP contribution is 2.23. The molecular weight excluding hydrogens is 650 g/mol. The Morgan fingerprint density at radius 3 is 2.47 bits per heavy atom. The van der Waals surface area contributed by atoms with Gasteiger partial charge in [0, 0.05) is 31.1 Å². The van der Waals surface area contributed by atoms with Crippen molar-refractivity contribution in [3.05, 3.63) is 102 Å². The fraction of sp³-hybridized carbons (Fsp3) is 0.368. The van der Waals surface area contributed by atoms with Crippen molar-refractivity contribution in [3.8, 4) is 17.2 Å². The molecule has 0 saturated heterocycles. The molecule has 3 aromatic carbocycles. The van der Waals surface area contributed by atoms with Crippen LogP contribution in [-0.4, -0.2) is 89.2 Å². The van der Waals surface area contributed by atoms with Crippen LogP contribution in [0.1, 0.15) is 58.5 Å². The highest BCUT2D eigenvalue weighted by Gasteiger charge is 2.29. The van der Waals surface area contributed by atoms with Crippen molar-refractivity contribution in [2.45, 2.75) is 51.6 Å². The molecule has 2 atom stereocenters. The fourth-order valence-corrected chi connectivity index (χ4v) is 6.19. The molecule has 0 radical (unpaired) electrons. The predicted molar refractivity (Wildman–Crippen MR) is 191 cm³/mol. The van der Waals surface area contributed by atoms with Crippen molar-refractivity contribution >= 4 is 23.6 Å². The first-order valence-corrected chi connectivity index (χ1v) is 17.1. The third-order valence-electron chi connectivity index (χ3n) is 8.67. The normalized spacial score (nSPS) is 17.6. The number of nitrogens with one attached hydrogen (secondary N) is 3. The van der Waals surface area contributed by atoms with Gasteiger partial charge in [0.25, 0.3) is 11.8 Å². The number of hydrogen-bond acceptors (Lipinski definition) is 8. The van der Waals surface area contributed by atoms with Gasteiger partial charge in [-0.3, -0.25) is 19.2 Å².